The third-order valence-corrected chi connectivity index (χ3v) is 4.17. The van der Waals surface area contributed by atoms with E-state index in [0.717, 1.165) is 0 Å². The zero-order valence-electron chi connectivity index (χ0n) is 11.4. The molecule has 0 fully saturated rings. The van der Waals surface area contributed by atoms with E-state index in [2.05, 4.69) is 14.8 Å². The topological polar surface area (TPSA) is 76.9 Å². The van der Waals surface area contributed by atoms with Crippen molar-refractivity contribution >= 4 is 10.0 Å². The third-order valence-electron chi connectivity index (χ3n) is 2.79. The highest BCUT2D eigenvalue weighted by Gasteiger charge is 2.17. The summed E-state index contributed by atoms with van der Waals surface area (Å²) in [5, 5.41) is 3.98. The summed E-state index contributed by atoms with van der Waals surface area (Å²) in [7, 11) is -2.02. The molecule has 0 radical (unpaired) electrons. The van der Waals surface area contributed by atoms with E-state index >= 15 is 0 Å². The minimum atomic E-state index is -3.72. The highest BCUT2D eigenvalue weighted by Crippen LogP contribution is 2.18. The van der Waals surface area contributed by atoms with Gasteiger partial charge < -0.3 is 0 Å². The molecule has 0 saturated carbocycles. The Bertz CT molecular complexity index is 717. The van der Waals surface area contributed by atoms with Gasteiger partial charge in [0.25, 0.3) is 0 Å². The number of hydrogen-bond donors (Lipinski definition) is 1. The Morgan fingerprint density at radius 1 is 1.30 bits per heavy atom. The van der Waals surface area contributed by atoms with Crippen molar-refractivity contribution in [1.29, 1.82) is 0 Å². The van der Waals surface area contributed by atoms with Crippen LogP contribution < -0.4 is 4.72 Å². The first kappa shape index (κ1) is 14.6. The van der Waals surface area contributed by atoms with E-state index in [-0.39, 0.29) is 11.4 Å². The quantitative estimate of drug-likeness (QED) is 0.915. The number of aromatic nitrogens is 3. The Morgan fingerprint density at radius 3 is 2.40 bits per heavy atom. The van der Waals surface area contributed by atoms with Gasteiger partial charge in [-0.3, -0.25) is 4.68 Å². The van der Waals surface area contributed by atoms with Crippen LogP contribution in [0.2, 0.25) is 0 Å². The maximum absolute atomic E-state index is 13.5. The van der Waals surface area contributed by atoms with Crippen LogP contribution in [0.4, 0.5) is 4.39 Å². The van der Waals surface area contributed by atoms with Gasteiger partial charge in [0, 0.05) is 7.05 Å². The van der Waals surface area contributed by atoms with Crippen LogP contribution in [-0.4, -0.2) is 23.2 Å². The Morgan fingerprint density at radius 2 is 1.90 bits per heavy atom. The molecule has 1 N–H and O–H groups in total. The molecular formula is C12H15FN4O2S. The monoisotopic (exact) mass is 298 g/mol. The van der Waals surface area contributed by atoms with Crippen LogP contribution in [0.3, 0.4) is 0 Å². The first-order chi connectivity index (χ1) is 9.29. The van der Waals surface area contributed by atoms with Gasteiger partial charge in [-0.25, -0.2) is 22.5 Å². The molecule has 1 aromatic heterocycles. The van der Waals surface area contributed by atoms with Gasteiger partial charge >= 0.3 is 0 Å². The lowest BCUT2D eigenvalue weighted by atomic mass is 10.1. The molecule has 108 valence electrons. The molecule has 2 rings (SSSR count). The highest BCUT2D eigenvalue weighted by atomic mass is 32.2. The summed E-state index contributed by atoms with van der Waals surface area (Å²) < 4.78 is 41.7. The van der Waals surface area contributed by atoms with Gasteiger partial charge in [-0.15, -0.1) is 0 Å². The molecule has 20 heavy (non-hydrogen) atoms. The zero-order valence-corrected chi connectivity index (χ0v) is 12.2. The van der Waals surface area contributed by atoms with Crippen LogP contribution in [-0.2, 0) is 23.6 Å². The molecule has 0 aliphatic carbocycles. The molecular weight excluding hydrogens is 283 g/mol. The molecule has 0 spiro atoms. The minimum Gasteiger partial charge on any atom is -0.256 e. The van der Waals surface area contributed by atoms with Crippen molar-refractivity contribution in [3.05, 3.63) is 41.2 Å². The maximum atomic E-state index is 13.5. The number of benzene rings is 1. The second-order valence-electron chi connectivity index (χ2n) is 4.53. The van der Waals surface area contributed by atoms with Crippen LogP contribution in [0, 0.1) is 19.7 Å². The first-order valence-electron chi connectivity index (χ1n) is 5.90. The minimum absolute atomic E-state index is 0.0152. The Labute approximate surface area is 116 Å². The maximum Gasteiger partial charge on any atom is 0.240 e. The van der Waals surface area contributed by atoms with Crippen LogP contribution in [0.15, 0.2) is 23.4 Å². The van der Waals surface area contributed by atoms with E-state index in [0.29, 0.717) is 17.0 Å². The van der Waals surface area contributed by atoms with Gasteiger partial charge in [0.2, 0.25) is 10.0 Å². The van der Waals surface area contributed by atoms with Gasteiger partial charge in [0.15, 0.2) is 5.82 Å². The average Bonchev–Trinajstić information content (AvgIpc) is 2.79. The summed E-state index contributed by atoms with van der Waals surface area (Å²) in [5.41, 5.74) is 0.586. The molecule has 0 aliphatic heterocycles. The molecule has 0 aliphatic rings. The molecule has 1 aromatic carbocycles. The van der Waals surface area contributed by atoms with E-state index in [4.69, 9.17) is 0 Å². The highest BCUT2D eigenvalue weighted by molar-refractivity contribution is 7.89. The molecule has 2 aromatic rings. The first-order valence-corrected chi connectivity index (χ1v) is 7.39. The predicted octanol–water partition coefficient (Wildman–Crippen LogP) is 1.05. The number of sulfonamides is 1. The van der Waals surface area contributed by atoms with E-state index in [1.54, 1.807) is 7.05 Å². The molecule has 8 heteroatoms. The summed E-state index contributed by atoms with van der Waals surface area (Å²) in [6, 6.07) is 2.60. The molecule has 0 atom stereocenters. The third kappa shape index (κ3) is 3.02. The molecule has 0 saturated heterocycles. The fourth-order valence-electron chi connectivity index (χ4n) is 1.77. The molecule has 0 amide bonds. The van der Waals surface area contributed by atoms with Crippen LogP contribution in [0.5, 0.6) is 0 Å². The standard InChI is InChI=1S/C12H15FN4O2S/c1-8-4-10(5-9(2)12(8)13)20(18,19)15-6-11-14-7-17(3)16-11/h4-5,7,15H,6H2,1-3H3. The summed E-state index contributed by atoms with van der Waals surface area (Å²) in [6.45, 7) is 3.04. The zero-order chi connectivity index (χ0) is 14.9. The number of nitrogens with one attached hydrogen (secondary N) is 1. The van der Waals surface area contributed by atoms with Crippen LogP contribution >= 0.6 is 0 Å². The Balaban J connectivity index is 2.22. The number of halogens is 1. The lowest BCUT2D eigenvalue weighted by Gasteiger charge is -2.08. The number of rotatable bonds is 4. The predicted molar refractivity (Wildman–Crippen MR) is 70.9 cm³/mol. The SMILES string of the molecule is Cc1cc(S(=O)(=O)NCc2ncn(C)n2)cc(C)c1F. The van der Waals surface area contributed by atoms with Gasteiger partial charge in [0.05, 0.1) is 11.4 Å². The van der Waals surface area contributed by atoms with Gasteiger partial charge in [-0.05, 0) is 37.1 Å². The molecule has 0 unspecified atom stereocenters. The lowest BCUT2D eigenvalue weighted by Crippen LogP contribution is -2.24. The van der Waals surface area contributed by atoms with Crippen LogP contribution in [0.25, 0.3) is 0 Å². The normalized spacial score (nSPS) is 11.8. The summed E-state index contributed by atoms with van der Waals surface area (Å²) in [4.78, 5) is 3.96. The van der Waals surface area contributed by atoms with Gasteiger partial charge in [-0.2, -0.15) is 5.10 Å². The second kappa shape index (κ2) is 5.29. The molecule has 6 nitrogen and oxygen atoms in total. The molecule has 0 bridgehead atoms. The van der Waals surface area contributed by atoms with Crippen molar-refractivity contribution in [2.75, 3.05) is 0 Å². The van der Waals surface area contributed by atoms with Crippen molar-refractivity contribution in [2.24, 2.45) is 7.05 Å². The average molecular weight is 298 g/mol. The largest absolute Gasteiger partial charge is 0.256 e. The summed E-state index contributed by atoms with van der Waals surface area (Å²) in [6.07, 6.45) is 1.48. The van der Waals surface area contributed by atoms with E-state index in [9.17, 15) is 12.8 Å². The van der Waals surface area contributed by atoms with Crippen molar-refractivity contribution < 1.29 is 12.8 Å². The summed E-state index contributed by atoms with van der Waals surface area (Å²) >= 11 is 0. The smallest absolute Gasteiger partial charge is 0.240 e. The van der Waals surface area contributed by atoms with Crippen molar-refractivity contribution in [1.82, 2.24) is 19.5 Å². The molecule has 1 heterocycles. The van der Waals surface area contributed by atoms with Crippen LogP contribution in [0.1, 0.15) is 17.0 Å². The Hall–Kier alpha value is -1.80. The number of aryl methyl sites for hydroxylation is 3. The fraction of sp³-hybridized carbons (Fsp3) is 0.333. The Kier molecular flexibility index (Phi) is 3.87. The van der Waals surface area contributed by atoms with Crippen molar-refractivity contribution in [3.63, 3.8) is 0 Å². The van der Waals surface area contributed by atoms with Crippen molar-refractivity contribution in [3.8, 4) is 0 Å². The van der Waals surface area contributed by atoms with Gasteiger partial charge in [0.1, 0.15) is 12.1 Å². The number of hydrogen-bond acceptors (Lipinski definition) is 4. The fourth-order valence-corrected chi connectivity index (χ4v) is 2.92. The number of nitrogens with zero attached hydrogens (tertiary/aromatic N) is 3. The van der Waals surface area contributed by atoms with Gasteiger partial charge in [-0.1, -0.05) is 0 Å². The van der Waals surface area contributed by atoms with E-state index < -0.39 is 15.8 Å². The van der Waals surface area contributed by atoms with E-state index in [1.807, 2.05) is 0 Å². The van der Waals surface area contributed by atoms with Crippen molar-refractivity contribution in [2.45, 2.75) is 25.3 Å². The van der Waals surface area contributed by atoms with E-state index in [1.165, 1.54) is 37.0 Å². The summed E-state index contributed by atoms with van der Waals surface area (Å²) in [5.74, 6) is -0.0260. The lowest BCUT2D eigenvalue weighted by molar-refractivity contribution is 0.576. The second-order valence-corrected chi connectivity index (χ2v) is 6.30.